The Morgan fingerprint density at radius 1 is 0.882 bits per heavy atom. The van der Waals surface area contributed by atoms with Crippen LogP contribution in [0.25, 0.3) is 11.1 Å². The highest BCUT2D eigenvalue weighted by Gasteiger charge is 2.36. The van der Waals surface area contributed by atoms with Gasteiger partial charge >= 0.3 is 5.97 Å². The molecule has 6 heteroatoms. The van der Waals surface area contributed by atoms with Crippen molar-refractivity contribution in [3.63, 3.8) is 0 Å². The lowest BCUT2D eigenvalue weighted by molar-refractivity contribution is 0.0696. The number of fused-ring (bicyclic) bond motifs is 4. The number of aromatic carboxylic acids is 1. The predicted molar refractivity (Wildman–Crippen MR) is 130 cm³/mol. The molecule has 6 rings (SSSR count). The Balaban J connectivity index is 1.41. The first-order valence-corrected chi connectivity index (χ1v) is 11.0. The van der Waals surface area contributed by atoms with Crippen LogP contribution in [0.3, 0.4) is 0 Å². The van der Waals surface area contributed by atoms with Crippen LogP contribution in [0, 0.1) is 0 Å². The van der Waals surface area contributed by atoms with Crippen molar-refractivity contribution in [3.8, 4) is 22.6 Å². The van der Waals surface area contributed by atoms with Crippen LogP contribution < -0.4 is 10.5 Å². The maximum atomic E-state index is 11.7. The Morgan fingerprint density at radius 2 is 1.65 bits per heavy atom. The van der Waals surface area contributed by atoms with Gasteiger partial charge < -0.3 is 20.5 Å². The van der Waals surface area contributed by atoms with Crippen LogP contribution >= 0.6 is 0 Å². The molecule has 1 aliphatic carbocycles. The van der Waals surface area contributed by atoms with Crippen LogP contribution in [0.15, 0.2) is 96.0 Å². The van der Waals surface area contributed by atoms with Crippen LogP contribution in [0.2, 0.25) is 0 Å². The van der Waals surface area contributed by atoms with E-state index in [2.05, 4.69) is 17.1 Å². The van der Waals surface area contributed by atoms with Gasteiger partial charge in [-0.3, -0.25) is 0 Å². The molecule has 0 aromatic heterocycles. The van der Waals surface area contributed by atoms with Gasteiger partial charge in [0, 0.05) is 12.1 Å². The summed E-state index contributed by atoms with van der Waals surface area (Å²) >= 11 is 0. The number of ether oxygens (including phenoxy) is 1. The molecule has 0 amide bonds. The number of carboxylic acids is 1. The summed E-state index contributed by atoms with van der Waals surface area (Å²) in [5.74, 6) is 0.933. The van der Waals surface area contributed by atoms with Gasteiger partial charge in [0.2, 0.25) is 0 Å². The van der Waals surface area contributed by atoms with Crippen LogP contribution in [-0.4, -0.2) is 21.9 Å². The van der Waals surface area contributed by atoms with Crippen molar-refractivity contribution in [1.82, 2.24) is 4.90 Å². The fourth-order valence-electron chi connectivity index (χ4n) is 4.81. The van der Waals surface area contributed by atoms with Gasteiger partial charge in [-0.05, 0) is 64.7 Å². The van der Waals surface area contributed by atoms with Gasteiger partial charge in [0.25, 0.3) is 0 Å². The molecule has 1 atom stereocenters. The van der Waals surface area contributed by atoms with Crippen molar-refractivity contribution in [3.05, 3.63) is 113 Å². The number of hydrogen-bond donors (Lipinski definition) is 2. The van der Waals surface area contributed by atoms with Crippen LogP contribution in [0.5, 0.6) is 11.5 Å². The Kier molecular flexibility index (Phi) is 4.59. The normalized spacial score (nSPS) is 15.7. The van der Waals surface area contributed by atoms with E-state index in [4.69, 9.17) is 10.5 Å². The zero-order valence-electron chi connectivity index (χ0n) is 18.2. The summed E-state index contributed by atoms with van der Waals surface area (Å²) in [5.41, 5.74) is 12.6. The summed E-state index contributed by atoms with van der Waals surface area (Å²) in [4.78, 5) is 18.4. The maximum absolute atomic E-state index is 11.7. The first kappa shape index (κ1) is 20.1. The first-order chi connectivity index (χ1) is 16.6. The molecule has 0 spiro atoms. The number of hydrogen-bond acceptors (Lipinski definition) is 5. The van der Waals surface area contributed by atoms with Crippen molar-refractivity contribution >= 4 is 17.6 Å². The third-order valence-electron chi connectivity index (χ3n) is 6.35. The van der Waals surface area contributed by atoms with E-state index in [-0.39, 0.29) is 11.6 Å². The predicted octanol–water partition coefficient (Wildman–Crippen LogP) is 5.71. The third kappa shape index (κ3) is 3.28. The number of carbonyl (C=O) groups is 1. The summed E-state index contributed by atoms with van der Waals surface area (Å²) in [6.07, 6.45) is 0. The molecular formula is C28H21N3O3. The van der Waals surface area contributed by atoms with E-state index in [1.807, 2.05) is 71.6 Å². The standard InChI is InChI=1S/C28H21N3O3/c29-28-30-25-13-11-20(34-19-6-2-1-3-7-19)14-18(25)16-31(28)26-23-9-5-4-8-21(23)22-12-10-17(27(32)33)15-24(22)26/h1-15,26H,16H2,(H2,29,30)(H,32,33). The summed E-state index contributed by atoms with van der Waals surface area (Å²) in [6.45, 7) is 0.520. The smallest absolute Gasteiger partial charge is 0.335 e. The minimum Gasteiger partial charge on any atom is -0.478 e. The number of carboxylic acid groups (broad SMARTS) is 1. The lowest BCUT2D eigenvalue weighted by Crippen LogP contribution is -2.41. The van der Waals surface area contributed by atoms with Crippen molar-refractivity contribution in [2.24, 2.45) is 10.7 Å². The van der Waals surface area contributed by atoms with E-state index >= 15 is 0 Å². The van der Waals surface area contributed by atoms with E-state index in [9.17, 15) is 9.90 Å². The molecule has 0 saturated heterocycles. The molecule has 0 bridgehead atoms. The fraction of sp³-hybridized carbons (Fsp3) is 0.0714. The van der Waals surface area contributed by atoms with Crippen LogP contribution in [0.1, 0.15) is 33.1 Å². The van der Waals surface area contributed by atoms with Gasteiger partial charge in [-0.2, -0.15) is 0 Å². The van der Waals surface area contributed by atoms with Crippen LogP contribution in [0.4, 0.5) is 5.69 Å². The molecule has 6 nitrogen and oxygen atoms in total. The van der Waals surface area contributed by atoms with E-state index < -0.39 is 5.97 Å². The van der Waals surface area contributed by atoms with Gasteiger partial charge in [-0.1, -0.05) is 48.5 Å². The molecule has 1 aliphatic heterocycles. The number of benzene rings is 4. The maximum Gasteiger partial charge on any atom is 0.335 e. The summed E-state index contributed by atoms with van der Waals surface area (Å²) in [5, 5.41) is 9.59. The Hall–Kier alpha value is -4.58. The summed E-state index contributed by atoms with van der Waals surface area (Å²) in [7, 11) is 0. The van der Waals surface area contributed by atoms with Gasteiger partial charge in [-0.25, -0.2) is 9.79 Å². The molecule has 0 saturated carbocycles. The summed E-state index contributed by atoms with van der Waals surface area (Å²) in [6, 6.07) is 28.6. The molecule has 0 radical (unpaired) electrons. The fourth-order valence-corrected chi connectivity index (χ4v) is 4.81. The SMILES string of the molecule is NC1=Nc2ccc(Oc3ccccc3)cc2CN1C1c2ccccc2-c2ccc(C(=O)O)cc21. The van der Waals surface area contributed by atoms with Crippen molar-refractivity contribution in [1.29, 1.82) is 0 Å². The second kappa shape index (κ2) is 7.78. The Bertz CT molecular complexity index is 1460. The number of para-hydroxylation sites is 1. The molecule has 1 heterocycles. The number of aliphatic imine (C=N–C) groups is 1. The average Bonchev–Trinajstić information content (AvgIpc) is 3.18. The summed E-state index contributed by atoms with van der Waals surface area (Å²) < 4.78 is 6.02. The first-order valence-electron chi connectivity index (χ1n) is 11.0. The minimum atomic E-state index is -0.953. The van der Waals surface area contributed by atoms with Crippen molar-refractivity contribution in [2.75, 3.05) is 0 Å². The second-order valence-corrected chi connectivity index (χ2v) is 8.40. The highest BCUT2D eigenvalue weighted by molar-refractivity contribution is 5.92. The van der Waals surface area contributed by atoms with Gasteiger partial charge in [0.05, 0.1) is 17.3 Å². The second-order valence-electron chi connectivity index (χ2n) is 8.40. The number of rotatable bonds is 4. The quantitative estimate of drug-likeness (QED) is 0.418. The Morgan fingerprint density at radius 3 is 2.47 bits per heavy atom. The highest BCUT2D eigenvalue weighted by atomic mass is 16.5. The zero-order chi connectivity index (χ0) is 23.2. The molecule has 4 aromatic rings. The van der Waals surface area contributed by atoms with Crippen molar-refractivity contribution < 1.29 is 14.6 Å². The Labute approximate surface area is 196 Å². The van der Waals surface area contributed by atoms with Gasteiger partial charge in [0.1, 0.15) is 11.5 Å². The van der Waals surface area contributed by atoms with E-state index in [1.165, 1.54) is 0 Å². The lowest BCUT2D eigenvalue weighted by Gasteiger charge is -2.34. The molecule has 166 valence electrons. The molecule has 4 aromatic carbocycles. The average molecular weight is 447 g/mol. The highest BCUT2D eigenvalue weighted by Crippen LogP contribution is 2.48. The molecule has 3 N–H and O–H groups in total. The molecule has 34 heavy (non-hydrogen) atoms. The lowest BCUT2D eigenvalue weighted by atomic mass is 9.99. The minimum absolute atomic E-state index is 0.235. The van der Waals surface area contributed by atoms with Crippen molar-refractivity contribution in [2.45, 2.75) is 12.6 Å². The molecular weight excluding hydrogens is 426 g/mol. The van der Waals surface area contributed by atoms with E-state index in [0.717, 1.165) is 45.0 Å². The van der Waals surface area contributed by atoms with E-state index in [1.54, 1.807) is 12.1 Å². The van der Waals surface area contributed by atoms with Crippen LogP contribution in [-0.2, 0) is 6.54 Å². The monoisotopic (exact) mass is 447 g/mol. The number of nitrogens with two attached hydrogens (primary N) is 1. The topological polar surface area (TPSA) is 88.2 Å². The van der Waals surface area contributed by atoms with E-state index in [0.29, 0.717) is 12.5 Å². The largest absolute Gasteiger partial charge is 0.478 e. The van der Waals surface area contributed by atoms with Gasteiger partial charge in [0.15, 0.2) is 5.96 Å². The number of guanidine groups is 1. The molecule has 1 unspecified atom stereocenters. The van der Waals surface area contributed by atoms with Gasteiger partial charge in [-0.15, -0.1) is 0 Å². The number of nitrogens with zero attached hydrogens (tertiary/aromatic N) is 2. The molecule has 2 aliphatic rings. The zero-order valence-corrected chi connectivity index (χ0v) is 18.2. The molecule has 0 fully saturated rings. The third-order valence-corrected chi connectivity index (χ3v) is 6.35.